The second-order valence-corrected chi connectivity index (χ2v) is 12.7. The summed E-state index contributed by atoms with van der Waals surface area (Å²) in [6.07, 6.45) is 5.75. The lowest BCUT2D eigenvalue weighted by atomic mass is 10.1. The topological polar surface area (TPSA) is 73.9 Å². The lowest BCUT2D eigenvalue weighted by Gasteiger charge is -2.42. The van der Waals surface area contributed by atoms with Crippen LogP contribution in [-0.2, 0) is 14.3 Å². The standard InChI is InChI=1S/C32H46N6O4S/c1-40-28-9-8-25-7-5-10-33-30(25)31(28)36-14-6-13-35(16-17-36)26(23-29(39)41-2)27-24-43-32(37-19-21-42-22-20-37)38(27)18-15-34-11-3-4-12-34/h5,7-10,24,26,32H,3-4,6,11-23H2,1-2H3. The zero-order chi connectivity index (χ0) is 29.6. The van der Waals surface area contributed by atoms with E-state index in [1.807, 2.05) is 30.1 Å². The van der Waals surface area contributed by atoms with Crippen molar-refractivity contribution in [1.29, 1.82) is 0 Å². The number of hydrogen-bond donors (Lipinski definition) is 0. The average Bonchev–Trinajstić information content (AvgIpc) is 3.67. The Labute approximate surface area is 259 Å². The molecule has 4 aliphatic rings. The molecule has 10 nitrogen and oxygen atoms in total. The number of nitrogens with zero attached hydrogens (tertiary/aromatic N) is 6. The molecule has 2 atom stereocenters. The zero-order valence-corrected chi connectivity index (χ0v) is 26.5. The molecule has 6 rings (SSSR count). The largest absolute Gasteiger partial charge is 0.494 e. The van der Waals surface area contributed by atoms with Crippen LogP contribution in [0.3, 0.4) is 0 Å². The molecule has 1 aromatic heterocycles. The van der Waals surface area contributed by atoms with Crippen LogP contribution < -0.4 is 9.64 Å². The number of carbonyl (C=O) groups excluding carboxylic acids is 1. The highest BCUT2D eigenvalue weighted by atomic mass is 32.2. The summed E-state index contributed by atoms with van der Waals surface area (Å²) in [4.78, 5) is 30.3. The minimum atomic E-state index is -0.161. The zero-order valence-electron chi connectivity index (χ0n) is 25.7. The molecule has 1 aromatic carbocycles. The van der Waals surface area contributed by atoms with E-state index in [4.69, 9.17) is 19.2 Å². The smallest absolute Gasteiger partial charge is 0.307 e. The Kier molecular flexibility index (Phi) is 10.3. The van der Waals surface area contributed by atoms with Gasteiger partial charge >= 0.3 is 5.97 Å². The number of esters is 1. The lowest BCUT2D eigenvalue weighted by Crippen LogP contribution is -2.53. The van der Waals surface area contributed by atoms with E-state index in [0.29, 0.717) is 6.42 Å². The summed E-state index contributed by atoms with van der Waals surface area (Å²) in [7, 11) is 3.23. The number of anilines is 1. The second kappa shape index (κ2) is 14.5. The molecule has 0 aliphatic carbocycles. The summed E-state index contributed by atoms with van der Waals surface area (Å²) in [5.74, 6) is 0.688. The first-order chi connectivity index (χ1) is 21.2. The quantitative estimate of drug-likeness (QED) is 0.372. The summed E-state index contributed by atoms with van der Waals surface area (Å²) in [5, 5.41) is 3.44. The van der Waals surface area contributed by atoms with Crippen molar-refractivity contribution in [2.45, 2.75) is 37.2 Å². The number of ether oxygens (including phenoxy) is 3. The molecular formula is C32H46N6O4S. The molecule has 2 aromatic rings. The first-order valence-electron chi connectivity index (χ1n) is 15.8. The van der Waals surface area contributed by atoms with Gasteiger partial charge in [0.05, 0.1) is 45.4 Å². The maximum atomic E-state index is 12.9. The number of pyridine rings is 1. The Morgan fingerprint density at radius 3 is 2.63 bits per heavy atom. The monoisotopic (exact) mass is 610 g/mol. The predicted octanol–water partition coefficient (Wildman–Crippen LogP) is 3.29. The summed E-state index contributed by atoms with van der Waals surface area (Å²) in [5.41, 5.74) is 3.51. The predicted molar refractivity (Wildman–Crippen MR) is 171 cm³/mol. The van der Waals surface area contributed by atoms with E-state index in [9.17, 15) is 4.79 Å². The van der Waals surface area contributed by atoms with Crippen LogP contribution in [0.1, 0.15) is 25.7 Å². The average molecular weight is 611 g/mol. The van der Waals surface area contributed by atoms with E-state index in [2.05, 4.69) is 42.0 Å². The van der Waals surface area contributed by atoms with Crippen LogP contribution in [-0.4, -0.2) is 135 Å². The Morgan fingerprint density at radius 1 is 1.00 bits per heavy atom. The number of rotatable bonds is 10. The minimum absolute atomic E-state index is 0.0444. The number of aromatic nitrogens is 1. The number of benzene rings is 1. The van der Waals surface area contributed by atoms with Gasteiger partial charge in [-0.25, -0.2) is 0 Å². The number of methoxy groups -OCH3 is 2. The van der Waals surface area contributed by atoms with E-state index in [1.54, 1.807) is 7.11 Å². The number of carbonyl (C=O) groups is 1. The maximum absolute atomic E-state index is 12.9. The van der Waals surface area contributed by atoms with E-state index in [1.165, 1.54) is 38.7 Å². The van der Waals surface area contributed by atoms with Crippen molar-refractivity contribution in [2.75, 3.05) is 97.8 Å². The number of likely N-dealkylation sites (tertiary alicyclic amines) is 1. The molecule has 43 heavy (non-hydrogen) atoms. The molecule has 5 heterocycles. The van der Waals surface area contributed by atoms with E-state index in [0.717, 1.165) is 94.3 Å². The Balaban J connectivity index is 1.24. The van der Waals surface area contributed by atoms with Gasteiger partial charge in [0.25, 0.3) is 0 Å². The highest BCUT2D eigenvalue weighted by molar-refractivity contribution is 8.02. The highest BCUT2D eigenvalue weighted by Crippen LogP contribution is 2.39. The van der Waals surface area contributed by atoms with Crippen LogP contribution in [0.25, 0.3) is 10.9 Å². The SMILES string of the molecule is COC(=O)CC(C1=CSC(N2CCOCC2)N1CCN1CCCC1)N1CCCN(c2c(OC)ccc3cccnc23)CC1. The third-order valence-corrected chi connectivity index (χ3v) is 10.4. The van der Waals surface area contributed by atoms with Gasteiger partial charge < -0.3 is 28.9 Å². The molecule has 2 unspecified atom stereocenters. The summed E-state index contributed by atoms with van der Waals surface area (Å²) in [6, 6.07) is 8.16. The van der Waals surface area contributed by atoms with Crippen LogP contribution in [0.4, 0.5) is 5.69 Å². The van der Waals surface area contributed by atoms with Crippen LogP contribution in [0.2, 0.25) is 0 Å². The normalized spacial score (nSPS) is 23.4. The highest BCUT2D eigenvalue weighted by Gasteiger charge is 2.39. The van der Waals surface area contributed by atoms with E-state index < -0.39 is 0 Å². The van der Waals surface area contributed by atoms with Crippen LogP contribution in [0.15, 0.2) is 41.6 Å². The molecule has 0 radical (unpaired) electrons. The fraction of sp³-hybridized carbons (Fsp3) is 0.625. The van der Waals surface area contributed by atoms with Crippen molar-refractivity contribution in [1.82, 2.24) is 24.6 Å². The molecule has 3 fully saturated rings. The number of morpholine rings is 1. The maximum Gasteiger partial charge on any atom is 0.307 e. The number of thioether (sulfide) groups is 1. The van der Waals surface area contributed by atoms with Gasteiger partial charge in [-0.1, -0.05) is 17.8 Å². The molecule has 0 spiro atoms. The number of hydrogen-bond acceptors (Lipinski definition) is 11. The molecule has 0 amide bonds. The second-order valence-electron chi connectivity index (χ2n) is 11.8. The van der Waals surface area contributed by atoms with Crippen molar-refractivity contribution in [3.63, 3.8) is 0 Å². The third-order valence-electron chi connectivity index (χ3n) is 9.27. The molecule has 234 valence electrons. The first kappa shape index (κ1) is 30.5. The van der Waals surface area contributed by atoms with E-state index >= 15 is 0 Å². The Morgan fingerprint density at radius 2 is 1.84 bits per heavy atom. The molecule has 0 saturated carbocycles. The van der Waals surface area contributed by atoms with Gasteiger partial charge in [-0.2, -0.15) is 0 Å². The molecule has 4 aliphatic heterocycles. The third kappa shape index (κ3) is 6.91. The van der Waals surface area contributed by atoms with Crippen molar-refractivity contribution in [3.8, 4) is 5.75 Å². The molecule has 3 saturated heterocycles. The van der Waals surface area contributed by atoms with Crippen molar-refractivity contribution in [3.05, 3.63) is 41.6 Å². The summed E-state index contributed by atoms with van der Waals surface area (Å²) < 4.78 is 16.8. The van der Waals surface area contributed by atoms with Gasteiger partial charge in [0.15, 0.2) is 0 Å². The van der Waals surface area contributed by atoms with Gasteiger partial charge in [-0.15, -0.1) is 0 Å². The first-order valence-corrected chi connectivity index (χ1v) is 16.7. The van der Waals surface area contributed by atoms with Gasteiger partial charge in [0, 0.05) is 69.6 Å². The van der Waals surface area contributed by atoms with Crippen LogP contribution in [0.5, 0.6) is 5.75 Å². The Bertz CT molecular complexity index is 1270. The van der Waals surface area contributed by atoms with Gasteiger partial charge in [0.1, 0.15) is 16.9 Å². The lowest BCUT2D eigenvalue weighted by molar-refractivity contribution is -0.141. The fourth-order valence-electron chi connectivity index (χ4n) is 6.96. The Hall–Kier alpha value is -2.57. The minimum Gasteiger partial charge on any atom is -0.494 e. The summed E-state index contributed by atoms with van der Waals surface area (Å²) >= 11 is 1.89. The number of fused-ring (bicyclic) bond motifs is 1. The van der Waals surface area contributed by atoms with Crippen LogP contribution >= 0.6 is 11.8 Å². The molecule has 0 bridgehead atoms. The summed E-state index contributed by atoms with van der Waals surface area (Å²) in [6.45, 7) is 11.2. The van der Waals surface area contributed by atoms with E-state index in [-0.39, 0.29) is 17.5 Å². The molecular weight excluding hydrogens is 564 g/mol. The molecule has 0 N–H and O–H groups in total. The van der Waals surface area contributed by atoms with Crippen molar-refractivity contribution < 1.29 is 19.0 Å². The van der Waals surface area contributed by atoms with Gasteiger partial charge in [-0.3, -0.25) is 19.6 Å². The van der Waals surface area contributed by atoms with Crippen molar-refractivity contribution in [2.24, 2.45) is 0 Å². The van der Waals surface area contributed by atoms with Crippen molar-refractivity contribution >= 4 is 34.3 Å². The van der Waals surface area contributed by atoms with Gasteiger partial charge in [-0.05, 0) is 56.0 Å². The van der Waals surface area contributed by atoms with Crippen LogP contribution in [0, 0.1) is 0 Å². The fourth-order valence-corrected chi connectivity index (χ4v) is 8.27. The molecule has 11 heteroatoms. The van der Waals surface area contributed by atoms with Gasteiger partial charge in [0.2, 0.25) is 0 Å².